The van der Waals surface area contributed by atoms with Gasteiger partial charge in [-0.1, -0.05) is 84.3 Å². The molecule has 2 saturated carbocycles. The SMILES string of the molecule is CCOc1cc(C=C2SC(=NC3CCCCC3)N(C3CCCCC3)C2=O)c(Br)cc1OCc1ccccc1Cl. The van der Waals surface area contributed by atoms with Gasteiger partial charge in [-0.15, -0.1) is 0 Å². The van der Waals surface area contributed by atoms with Crippen molar-refractivity contribution in [2.75, 3.05) is 6.61 Å². The summed E-state index contributed by atoms with van der Waals surface area (Å²) in [6, 6.07) is 12.1. The molecule has 1 amide bonds. The van der Waals surface area contributed by atoms with E-state index in [1.807, 2.05) is 54.3 Å². The van der Waals surface area contributed by atoms with Gasteiger partial charge in [-0.25, -0.2) is 0 Å². The average molecular weight is 632 g/mol. The molecule has 0 spiro atoms. The van der Waals surface area contributed by atoms with Gasteiger partial charge in [0.2, 0.25) is 0 Å². The smallest absolute Gasteiger partial charge is 0.267 e. The standard InChI is InChI=1S/C31H36BrClN2O3S/c1-2-37-27-17-22(25(32)19-28(27)38-20-21-11-9-10-16-26(21)33)18-29-30(36)35(24-14-7-4-8-15-24)31(39-29)34-23-12-5-3-6-13-23/h9-11,16-19,23-24H,2-8,12-15,20H2,1H3. The van der Waals surface area contributed by atoms with Crippen LogP contribution in [0.1, 0.15) is 82.3 Å². The number of benzene rings is 2. The van der Waals surface area contributed by atoms with E-state index in [0.717, 1.165) is 46.5 Å². The summed E-state index contributed by atoms with van der Waals surface area (Å²) >= 11 is 11.6. The third-order valence-electron chi connectivity index (χ3n) is 7.63. The zero-order valence-electron chi connectivity index (χ0n) is 22.5. The molecule has 3 fully saturated rings. The lowest BCUT2D eigenvalue weighted by Gasteiger charge is -2.31. The first-order chi connectivity index (χ1) is 19.0. The van der Waals surface area contributed by atoms with Crippen molar-refractivity contribution in [3.63, 3.8) is 0 Å². The molecule has 39 heavy (non-hydrogen) atoms. The van der Waals surface area contributed by atoms with Crippen molar-refractivity contribution in [2.24, 2.45) is 4.99 Å². The number of amides is 1. The molecule has 2 aliphatic carbocycles. The quantitative estimate of drug-likeness (QED) is 0.273. The maximum Gasteiger partial charge on any atom is 0.267 e. The first kappa shape index (κ1) is 28.6. The molecule has 0 bridgehead atoms. The van der Waals surface area contributed by atoms with Crippen LogP contribution >= 0.6 is 39.3 Å². The second kappa shape index (κ2) is 13.6. The van der Waals surface area contributed by atoms with Gasteiger partial charge in [-0.05, 0) is 74.2 Å². The van der Waals surface area contributed by atoms with Crippen LogP contribution in [0.3, 0.4) is 0 Å². The molecule has 208 valence electrons. The molecular formula is C31H36BrClN2O3S. The summed E-state index contributed by atoms with van der Waals surface area (Å²) < 4.78 is 12.9. The van der Waals surface area contributed by atoms with Gasteiger partial charge >= 0.3 is 0 Å². The highest BCUT2D eigenvalue weighted by Crippen LogP contribution is 2.41. The number of halogens is 2. The number of rotatable bonds is 8. The van der Waals surface area contributed by atoms with Crippen LogP contribution in [0.25, 0.3) is 6.08 Å². The first-order valence-corrected chi connectivity index (χ1v) is 16.2. The van der Waals surface area contributed by atoms with E-state index in [9.17, 15) is 4.79 Å². The minimum atomic E-state index is 0.0744. The lowest BCUT2D eigenvalue weighted by atomic mass is 9.94. The summed E-state index contributed by atoms with van der Waals surface area (Å²) in [7, 11) is 0. The Kier molecular flexibility index (Phi) is 9.96. The van der Waals surface area contributed by atoms with Crippen molar-refractivity contribution in [2.45, 2.75) is 89.8 Å². The lowest BCUT2D eigenvalue weighted by Crippen LogP contribution is -2.41. The molecule has 5 nitrogen and oxygen atoms in total. The number of carbonyl (C=O) groups excluding carboxylic acids is 1. The highest BCUT2D eigenvalue weighted by Gasteiger charge is 2.39. The lowest BCUT2D eigenvalue weighted by molar-refractivity contribution is -0.124. The van der Waals surface area contributed by atoms with E-state index in [1.165, 1.54) is 50.3 Å². The fourth-order valence-corrected chi connectivity index (χ4v) is 7.29. The number of carbonyl (C=O) groups is 1. The Hall–Kier alpha value is -1.96. The maximum absolute atomic E-state index is 13.8. The fourth-order valence-electron chi connectivity index (χ4n) is 5.56. The summed E-state index contributed by atoms with van der Waals surface area (Å²) in [4.78, 5) is 21.7. The Morgan fingerprint density at radius 2 is 1.72 bits per heavy atom. The maximum atomic E-state index is 13.8. The van der Waals surface area contributed by atoms with Gasteiger partial charge in [-0.2, -0.15) is 0 Å². The number of amidine groups is 1. The molecule has 0 radical (unpaired) electrons. The summed E-state index contributed by atoms with van der Waals surface area (Å²) in [5.41, 5.74) is 1.78. The van der Waals surface area contributed by atoms with E-state index in [4.69, 9.17) is 26.1 Å². The first-order valence-electron chi connectivity index (χ1n) is 14.2. The molecular weight excluding hydrogens is 596 g/mol. The summed E-state index contributed by atoms with van der Waals surface area (Å²) in [6.45, 7) is 2.78. The van der Waals surface area contributed by atoms with Crippen LogP contribution in [0.15, 0.2) is 50.8 Å². The van der Waals surface area contributed by atoms with E-state index in [1.54, 1.807) is 0 Å². The van der Waals surface area contributed by atoms with Crippen LogP contribution in [-0.2, 0) is 11.4 Å². The van der Waals surface area contributed by atoms with Crippen LogP contribution in [0.2, 0.25) is 5.02 Å². The monoisotopic (exact) mass is 630 g/mol. The third kappa shape index (κ3) is 7.04. The molecule has 1 aliphatic heterocycles. The highest BCUT2D eigenvalue weighted by atomic mass is 79.9. The van der Waals surface area contributed by atoms with E-state index >= 15 is 0 Å². The predicted octanol–water partition coefficient (Wildman–Crippen LogP) is 9.02. The number of hydrogen-bond acceptors (Lipinski definition) is 5. The molecule has 0 N–H and O–H groups in total. The normalized spacial score (nSPS) is 21.2. The second-order valence-corrected chi connectivity index (χ2v) is 12.7. The number of nitrogens with zero attached hydrogens (tertiary/aromatic N) is 2. The number of hydrogen-bond donors (Lipinski definition) is 0. The van der Waals surface area contributed by atoms with Crippen molar-refractivity contribution in [1.29, 1.82) is 0 Å². The van der Waals surface area contributed by atoms with Crippen LogP contribution in [0.4, 0.5) is 0 Å². The van der Waals surface area contributed by atoms with Crippen molar-refractivity contribution in [1.82, 2.24) is 4.90 Å². The van der Waals surface area contributed by atoms with E-state index in [0.29, 0.717) is 40.7 Å². The van der Waals surface area contributed by atoms with Crippen LogP contribution in [0, 0.1) is 0 Å². The molecule has 0 atom stereocenters. The van der Waals surface area contributed by atoms with Crippen LogP contribution < -0.4 is 9.47 Å². The van der Waals surface area contributed by atoms with E-state index in [2.05, 4.69) is 15.9 Å². The van der Waals surface area contributed by atoms with Crippen molar-refractivity contribution in [3.8, 4) is 11.5 Å². The molecule has 5 rings (SSSR count). The second-order valence-electron chi connectivity index (χ2n) is 10.4. The largest absolute Gasteiger partial charge is 0.490 e. The predicted molar refractivity (Wildman–Crippen MR) is 165 cm³/mol. The van der Waals surface area contributed by atoms with Crippen molar-refractivity contribution < 1.29 is 14.3 Å². The molecule has 1 heterocycles. The summed E-state index contributed by atoms with van der Waals surface area (Å²) in [5, 5.41) is 1.56. The Morgan fingerprint density at radius 3 is 2.44 bits per heavy atom. The van der Waals surface area contributed by atoms with Gasteiger partial charge < -0.3 is 9.47 Å². The van der Waals surface area contributed by atoms with E-state index < -0.39 is 0 Å². The van der Waals surface area contributed by atoms with Crippen LogP contribution in [0.5, 0.6) is 11.5 Å². The van der Waals surface area contributed by atoms with Gasteiger partial charge in [0.1, 0.15) is 6.61 Å². The third-order valence-corrected chi connectivity index (χ3v) is 9.69. The van der Waals surface area contributed by atoms with E-state index in [-0.39, 0.29) is 11.9 Å². The number of ether oxygens (including phenoxy) is 2. The van der Waals surface area contributed by atoms with Gasteiger partial charge in [0.05, 0.1) is 17.6 Å². The van der Waals surface area contributed by atoms with Crippen LogP contribution in [-0.4, -0.2) is 34.7 Å². The minimum absolute atomic E-state index is 0.0744. The van der Waals surface area contributed by atoms with Gasteiger partial charge in [0.15, 0.2) is 16.7 Å². The average Bonchev–Trinajstić information content (AvgIpc) is 3.25. The van der Waals surface area contributed by atoms with Crippen molar-refractivity contribution in [3.05, 3.63) is 61.9 Å². The molecule has 0 unspecified atom stereocenters. The van der Waals surface area contributed by atoms with Gasteiger partial charge in [0.25, 0.3) is 5.91 Å². The Morgan fingerprint density at radius 1 is 1.03 bits per heavy atom. The minimum Gasteiger partial charge on any atom is -0.490 e. The summed E-state index contributed by atoms with van der Waals surface area (Å²) in [6.07, 6.45) is 13.7. The molecule has 0 aromatic heterocycles. The molecule has 1 saturated heterocycles. The van der Waals surface area contributed by atoms with Crippen molar-refractivity contribution >= 4 is 56.4 Å². The number of thioether (sulfide) groups is 1. The molecule has 2 aromatic rings. The van der Waals surface area contributed by atoms with Gasteiger partial charge in [-0.3, -0.25) is 14.7 Å². The zero-order chi connectivity index (χ0) is 27.2. The number of aliphatic imine (C=N–C) groups is 1. The molecule has 2 aromatic carbocycles. The fraction of sp³-hybridized carbons (Fsp3) is 0.484. The van der Waals surface area contributed by atoms with Gasteiger partial charge in [0, 0.05) is 21.1 Å². The summed E-state index contributed by atoms with van der Waals surface area (Å²) in [5.74, 6) is 1.33. The Balaban J connectivity index is 1.42. The topological polar surface area (TPSA) is 51.1 Å². The zero-order valence-corrected chi connectivity index (χ0v) is 25.6. The highest BCUT2D eigenvalue weighted by molar-refractivity contribution is 9.10. The molecule has 3 aliphatic rings. The molecule has 8 heteroatoms. The Bertz CT molecular complexity index is 1240. The Labute approximate surface area is 249 Å².